The van der Waals surface area contributed by atoms with E-state index in [-0.39, 0.29) is 11.8 Å². The number of carbonyl (C=O) groups is 1. The Kier molecular flexibility index (Phi) is 6.11. The fourth-order valence-corrected chi connectivity index (χ4v) is 3.16. The van der Waals surface area contributed by atoms with E-state index >= 15 is 0 Å². The molecule has 0 aliphatic heterocycles. The summed E-state index contributed by atoms with van der Waals surface area (Å²) in [6.45, 7) is 1.29. The van der Waals surface area contributed by atoms with Gasteiger partial charge in [-0.3, -0.25) is 4.79 Å². The normalized spacial score (nSPS) is 29.1. The van der Waals surface area contributed by atoms with Gasteiger partial charge in [0.2, 0.25) is 5.91 Å². The maximum absolute atomic E-state index is 11.9. The van der Waals surface area contributed by atoms with E-state index in [1.54, 1.807) is 0 Å². The second-order valence-corrected chi connectivity index (χ2v) is 6.03. The first-order valence-electron chi connectivity index (χ1n) is 7.90. The molecule has 1 amide bonds. The van der Waals surface area contributed by atoms with Crippen LogP contribution >= 0.6 is 0 Å². The Bertz CT molecular complexity index is 269. The molecule has 2 aliphatic carbocycles. The predicted molar refractivity (Wildman–Crippen MR) is 75.8 cm³/mol. The minimum Gasteiger partial charge on any atom is -0.376 e. The van der Waals surface area contributed by atoms with Gasteiger partial charge in [-0.25, -0.2) is 0 Å². The van der Waals surface area contributed by atoms with Crippen molar-refractivity contribution in [2.45, 2.75) is 69.9 Å². The lowest BCUT2D eigenvalue weighted by atomic mass is 9.89. The van der Waals surface area contributed by atoms with Crippen molar-refractivity contribution in [3.8, 4) is 0 Å². The molecule has 0 aromatic heterocycles. The van der Waals surface area contributed by atoms with Gasteiger partial charge < -0.3 is 15.8 Å². The topological polar surface area (TPSA) is 64.3 Å². The second kappa shape index (κ2) is 7.85. The molecule has 2 aliphatic rings. The van der Waals surface area contributed by atoms with Crippen LogP contribution in [-0.4, -0.2) is 31.2 Å². The number of nitrogens with two attached hydrogens (primary N) is 1. The molecule has 0 aromatic rings. The predicted octanol–water partition coefficient (Wildman–Crippen LogP) is 1.97. The summed E-state index contributed by atoms with van der Waals surface area (Å²) in [5, 5.41) is 3.01. The molecule has 3 N–H and O–H groups in total. The fourth-order valence-electron chi connectivity index (χ4n) is 3.16. The Morgan fingerprint density at radius 1 is 1.05 bits per heavy atom. The average molecular weight is 268 g/mol. The molecule has 110 valence electrons. The van der Waals surface area contributed by atoms with Crippen LogP contribution in [0.25, 0.3) is 0 Å². The van der Waals surface area contributed by atoms with Crippen molar-refractivity contribution in [2.24, 2.45) is 11.7 Å². The van der Waals surface area contributed by atoms with Crippen LogP contribution in [0.5, 0.6) is 0 Å². The van der Waals surface area contributed by atoms with Crippen molar-refractivity contribution >= 4 is 5.91 Å². The Morgan fingerprint density at radius 3 is 2.42 bits per heavy atom. The highest BCUT2D eigenvalue weighted by Crippen LogP contribution is 2.23. The number of rotatable bonds is 5. The van der Waals surface area contributed by atoms with E-state index in [9.17, 15) is 4.79 Å². The van der Waals surface area contributed by atoms with Crippen LogP contribution < -0.4 is 11.1 Å². The smallest absolute Gasteiger partial charge is 0.223 e. The standard InChI is InChI=1S/C15H28N2O2/c16-13-6-8-14(9-7-13)19-11-10-17-15(18)12-4-2-1-3-5-12/h12-14H,1-11,16H2,(H,17,18). The average Bonchev–Trinajstić information content (AvgIpc) is 2.46. The molecule has 2 rings (SSSR count). The van der Waals surface area contributed by atoms with Gasteiger partial charge in [0.15, 0.2) is 0 Å². The maximum atomic E-state index is 11.9. The van der Waals surface area contributed by atoms with E-state index in [0.29, 0.717) is 25.3 Å². The van der Waals surface area contributed by atoms with Crippen molar-refractivity contribution in [2.75, 3.05) is 13.2 Å². The number of ether oxygens (including phenoxy) is 1. The van der Waals surface area contributed by atoms with E-state index in [1.807, 2.05) is 0 Å². The Labute approximate surface area is 116 Å². The van der Waals surface area contributed by atoms with Crippen molar-refractivity contribution < 1.29 is 9.53 Å². The summed E-state index contributed by atoms with van der Waals surface area (Å²) >= 11 is 0. The largest absolute Gasteiger partial charge is 0.376 e. The van der Waals surface area contributed by atoms with Gasteiger partial charge in [0.25, 0.3) is 0 Å². The van der Waals surface area contributed by atoms with Crippen molar-refractivity contribution in [1.29, 1.82) is 0 Å². The molecule has 2 saturated carbocycles. The van der Waals surface area contributed by atoms with E-state index < -0.39 is 0 Å². The SMILES string of the molecule is NC1CCC(OCCNC(=O)C2CCCCC2)CC1. The van der Waals surface area contributed by atoms with Gasteiger partial charge >= 0.3 is 0 Å². The van der Waals surface area contributed by atoms with Crippen LogP contribution in [0.15, 0.2) is 0 Å². The first kappa shape index (κ1) is 14.8. The van der Waals surface area contributed by atoms with E-state index in [4.69, 9.17) is 10.5 Å². The van der Waals surface area contributed by atoms with Crippen molar-refractivity contribution in [3.63, 3.8) is 0 Å². The van der Waals surface area contributed by atoms with Crippen LogP contribution in [0.1, 0.15) is 57.8 Å². The highest BCUT2D eigenvalue weighted by molar-refractivity contribution is 5.78. The first-order chi connectivity index (χ1) is 9.25. The zero-order valence-electron chi connectivity index (χ0n) is 11.9. The molecule has 0 bridgehead atoms. The monoisotopic (exact) mass is 268 g/mol. The number of nitrogens with one attached hydrogen (secondary N) is 1. The van der Waals surface area contributed by atoms with Crippen molar-refractivity contribution in [1.82, 2.24) is 5.32 Å². The zero-order valence-corrected chi connectivity index (χ0v) is 11.9. The van der Waals surface area contributed by atoms with Gasteiger partial charge in [-0.1, -0.05) is 19.3 Å². The van der Waals surface area contributed by atoms with E-state index in [0.717, 1.165) is 38.5 Å². The molecule has 0 saturated heterocycles. The van der Waals surface area contributed by atoms with E-state index in [2.05, 4.69) is 5.32 Å². The molecule has 4 heteroatoms. The van der Waals surface area contributed by atoms with Crippen LogP contribution in [0, 0.1) is 5.92 Å². The highest BCUT2D eigenvalue weighted by atomic mass is 16.5. The summed E-state index contributed by atoms with van der Waals surface area (Å²) in [6.07, 6.45) is 10.4. The zero-order chi connectivity index (χ0) is 13.5. The number of amides is 1. The summed E-state index contributed by atoms with van der Waals surface area (Å²) in [5.74, 6) is 0.482. The van der Waals surface area contributed by atoms with Gasteiger partial charge in [-0.15, -0.1) is 0 Å². The lowest BCUT2D eigenvalue weighted by Gasteiger charge is -2.26. The quantitative estimate of drug-likeness (QED) is 0.749. The highest BCUT2D eigenvalue weighted by Gasteiger charge is 2.21. The summed E-state index contributed by atoms with van der Waals surface area (Å²) in [7, 11) is 0. The van der Waals surface area contributed by atoms with Crippen molar-refractivity contribution in [3.05, 3.63) is 0 Å². The van der Waals surface area contributed by atoms with Gasteiger partial charge in [-0.2, -0.15) is 0 Å². The lowest BCUT2D eigenvalue weighted by Crippen LogP contribution is -2.36. The van der Waals surface area contributed by atoms with Crippen LogP contribution in [0.2, 0.25) is 0 Å². The van der Waals surface area contributed by atoms with Crippen LogP contribution in [0.3, 0.4) is 0 Å². The van der Waals surface area contributed by atoms with Gasteiger partial charge in [0, 0.05) is 18.5 Å². The Balaban J connectivity index is 1.52. The first-order valence-corrected chi connectivity index (χ1v) is 7.90. The molecule has 4 nitrogen and oxygen atoms in total. The molecule has 0 aromatic carbocycles. The molecule has 19 heavy (non-hydrogen) atoms. The Hall–Kier alpha value is -0.610. The fraction of sp³-hybridized carbons (Fsp3) is 0.933. The van der Waals surface area contributed by atoms with E-state index in [1.165, 1.54) is 19.3 Å². The van der Waals surface area contributed by atoms with Gasteiger partial charge in [-0.05, 0) is 38.5 Å². The molecule has 0 unspecified atom stereocenters. The molecule has 0 atom stereocenters. The summed E-state index contributed by atoms with van der Waals surface area (Å²) in [6, 6.07) is 0.367. The maximum Gasteiger partial charge on any atom is 0.223 e. The van der Waals surface area contributed by atoms with Crippen LogP contribution in [0.4, 0.5) is 0 Å². The minimum absolute atomic E-state index is 0.231. The third-order valence-corrected chi connectivity index (χ3v) is 4.45. The Morgan fingerprint density at radius 2 is 1.74 bits per heavy atom. The minimum atomic E-state index is 0.231. The van der Waals surface area contributed by atoms with Gasteiger partial charge in [0.05, 0.1) is 12.7 Å². The molecule has 0 radical (unpaired) electrons. The summed E-state index contributed by atoms with van der Waals surface area (Å²) in [4.78, 5) is 11.9. The lowest BCUT2D eigenvalue weighted by molar-refractivity contribution is -0.126. The number of hydrogen-bond acceptors (Lipinski definition) is 3. The van der Waals surface area contributed by atoms with Gasteiger partial charge in [0.1, 0.15) is 0 Å². The molecule has 2 fully saturated rings. The molecule has 0 heterocycles. The third kappa shape index (κ3) is 5.11. The third-order valence-electron chi connectivity index (χ3n) is 4.45. The number of hydrogen-bond donors (Lipinski definition) is 2. The number of carbonyl (C=O) groups excluding carboxylic acids is 1. The summed E-state index contributed by atoms with van der Waals surface area (Å²) in [5.41, 5.74) is 5.86. The molecular formula is C15H28N2O2. The molecule has 0 spiro atoms. The van der Waals surface area contributed by atoms with Crippen LogP contribution in [-0.2, 0) is 9.53 Å². The second-order valence-electron chi connectivity index (χ2n) is 6.03. The molecular weight excluding hydrogens is 240 g/mol. The summed E-state index contributed by atoms with van der Waals surface area (Å²) < 4.78 is 5.80.